The average molecular weight is 328 g/mol. The number of anilines is 1. The largest absolute Gasteiger partial charge is 0.488 e. The molecule has 3 rings (SSSR count). The molecule has 128 valence electrons. The van der Waals surface area contributed by atoms with E-state index in [9.17, 15) is 8.78 Å². The van der Waals surface area contributed by atoms with Gasteiger partial charge in [-0.25, -0.2) is 8.78 Å². The van der Waals surface area contributed by atoms with Gasteiger partial charge in [0.25, 0.3) is 0 Å². The molecule has 7 heteroatoms. The maximum atomic E-state index is 14.1. The van der Waals surface area contributed by atoms with Crippen molar-refractivity contribution in [3.8, 4) is 5.75 Å². The summed E-state index contributed by atoms with van der Waals surface area (Å²) in [5.41, 5.74) is 0.367. The van der Waals surface area contributed by atoms with Crippen LogP contribution in [0.25, 0.3) is 0 Å². The van der Waals surface area contributed by atoms with Gasteiger partial charge in [-0.05, 0) is 13.8 Å². The number of ether oxygens (including phenoxy) is 3. The highest BCUT2D eigenvalue weighted by atomic mass is 19.1. The van der Waals surface area contributed by atoms with Crippen LogP contribution in [0.5, 0.6) is 5.75 Å². The molecule has 0 aromatic heterocycles. The minimum Gasteiger partial charge on any atom is -0.488 e. The molecule has 1 aromatic rings. The lowest BCUT2D eigenvalue weighted by molar-refractivity contribution is -0.141. The summed E-state index contributed by atoms with van der Waals surface area (Å²) in [7, 11) is 0. The molecule has 0 bridgehead atoms. The molecule has 1 aromatic carbocycles. The van der Waals surface area contributed by atoms with E-state index in [0.29, 0.717) is 25.4 Å². The molecular weight excluding hydrogens is 306 g/mol. The van der Waals surface area contributed by atoms with E-state index in [1.54, 1.807) is 0 Å². The van der Waals surface area contributed by atoms with Crippen LogP contribution in [0.3, 0.4) is 0 Å². The van der Waals surface area contributed by atoms with Crippen LogP contribution in [0, 0.1) is 11.6 Å². The van der Waals surface area contributed by atoms with Crippen molar-refractivity contribution in [2.75, 3.05) is 44.3 Å². The monoisotopic (exact) mass is 328 g/mol. The van der Waals surface area contributed by atoms with Crippen LogP contribution >= 0.6 is 0 Å². The van der Waals surface area contributed by atoms with Crippen LogP contribution in [-0.2, 0) is 9.47 Å². The van der Waals surface area contributed by atoms with E-state index in [-0.39, 0.29) is 18.5 Å². The Kier molecular flexibility index (Phi) is 4.70. The lowest BCUT2D eigenvalue weighted by Gasteiger charge is -2.30. The molecule has 2 heterocycles. The lowest BCUT2D eigenvalue weighted by Crippen LogP contribution is -2.43. The Balaban J connectivity index is 1.69. The highest BCUT2D eigenvalue weighted by molar-refractivity contribution is 5.53. The summed E-state index contributed by atoms with van der Waals surface area (Å²) in [5, 5.41) is 3.20. The maximum Gasteiger partial charge on any atom is 0.168 e. The SMILES string of the molecule is CC1(C)OCC(COc2cc(N3CCNCC3)c(F)cc2F)O1. The zero-order chi connectivity index (χ0) is 16.4. The second kappa shape index (κ2) is 6.59. The molecule has 2 aliphatic rings. The van der Waals surface area contributed by atoms with Crippen molar-refractivity contribution >= 4 is 5.69 Å². The Labute approximate surface area is 134 Å². The Morgan fingerprint density at radius 3 is 2.65 bits per heavy atom. The van der Waals surface area contributed by atoms with Crippen molar-refractivity contribution in [1.82, 2.24) is 5.32 Å². The van der Waals surface area contributed by atoms with E-state index in [1.165, 1.54) is 6.07 Å². The Hall–Kier alpha value is -1.44. The van der Waals surface area contributed by atoms with E-state index in [4.69, 9.17) is 14.2 Å². The first-order valence-corrected chi connectivity index (χ1v) is 7.84. The van der Waals surface area contributed by atoms with Gasteiger partial charge < -0.3 is 24.4 Å². The molecule has 23 heavy (non-hydrogen) atoms. The van der Waals surface area contributed by atoms with Crippen LogP contribution in [0.2, 0.25) is 0 Å². The lowest BCUT2D eigenvalue weighted by atomic mass is 10.2. The van der Waals surface area contributed by atoms with Crippen LogP contribution in [0.1, 0.15) is 13.8 Å². The summed E-state index contributed by atoms with van der Waals surface area (Å²) < 4.78 is 44.6. The fourth-order valence-corrected chi connectivity index (χ4v) is 2.80. The highest BCUT2D eigenvalue weighted by Crippen LogP contribution is 2.29. The predicted octanol–water partition coefficient (Wildman–Crippen LogP) is 1.90. The normalized spacial score (nSPS) is 24.0. The smallest absolute Gasteiger partial charge is 0.168 e. The summed E-state index contributed by atoms with van der Waals surface area (Å²) >= 11 is 0. The van der Waals surface area contributed by atoms with Crippen LogP contribution in [-0.4, -0.2) is 51.3 Å². The third-order valence-corrected chi connectivity index (χ3v) is 3.95. The first kappa shape index (κ1) is 16.4. The van der Waals surface area contributed by atoms with E-state index in [1.807, 2.05) is 18.7 Å². The van der Waals surface area contributed by atoms with Gasteiger partial charge in [0.15, 0.2) is 17.4 Å². The van der Waals surface area contributed by atoms with E-state index in [0.717, 1.165) is 19.2 Å². The molecule has 0 aliphatic carbocycles. The summed E-state index contributed by atoms with van der Waals surface area (Å²) in [6, 6.07) is 2.31. The van der Waals surface area contributed by atoms with Crippen LogP contribution < -0.4 is 15.0 Å². The van der Waals surface area contributed by atoms with Gasteiger partial charge in [-0.15, -0.1) is 0 Å². The van der Waals surface area contributed by atoms with Crippen molar-refractivity contribution in [3.05, 3.63) is 23.8 Å². The summed E-state index contributed by atoms with van der Waals surface area (Å²) in [6.45, 7) is 7.07. The Morgan fingerprint density at radius 2 is 2.00 bits per heavy atom. The second-order valence-corrected chi connectivity index (χ2v) is 6.23. The van der Waals surface area contributed by atoms with Gasteiger partial charge in [0, 0.05) is 38.3 Å². The number of hydrogen-bond donors (Lipinski definition) is 1. The first-order valence-electron chi connectivity index (χ1n) is 7.84. The van der Waals surface area contributed by atoms with E-state index in [2.05, 4.69) is 5.32 Å². The summed E-state index contributed by atoms with van der Waals surface area (Å²) in [6.07, 6.45) is -0.267. The molecule has 2 fully saturated rings. The second-order valence-electron chi connectivity index (χ2n) is 6.23. The van der Waals surface area contributed by atoms with Crippen molar-refractivity contribution in [2.24, 2.45) is 0 Å². The first-order chi connectivity index (χ1) is 10.9. The Bertz CT molecular complexity index is 563. The number of benzene rings is 1. The molecule has 0 amide bonds. The van der Waals surface area contributed by atoms with Crippen molar-refractivity contribution in [2.45, 2.75) is 25.7 Å². The van der Waals surface area contributed by atoms with Gasteiger partial charge >= 0.3 is 0 Å². The topological polar surface area (TPSA) is 43.0 Å². The maximum absolute atomic E-state index is 14.1. The van der Waals surface area contributed by atoms with Gasteiger partial charge in [-0.3, -0.25) is 0 Å². The third-order valence-electron chi connectivity index (χ3n) is 3.95. The molecule has 2 saturated heterocycles. The van der Waals surface area contributed by atoms with Crippen LogP contribution in [0.15, 0.2) is 12.1 Å². The molecule has 0 spiro atoms. The fourth-order valence-electron chi connectivity index (χ4n) is 2.80. The number of piperazine rings is 1. The Morgan fingerprint density at radius 1 is 1.26 bits per heavy atom. The highest BCUT2D eigenvalue weighted by Gasteiger charge is 2.33. The van der Waals surface area contributed by atoms with E-state index >= 15 is 0 Å². The quantitative estimate of drug-likeness (QED) is 0.914. The summed E-state index contributed by atoms with van der Waals surface area (Å²) in [4.78, 5) is 1.89. The predicted molar refractivity (Wildman–Crippen MR) is 81.8 cm³/mol. The van der Waals surface area contributed by atoms with Gasteiger partial charge in [-0.2, -0.15) is 0 Å². The molecule has 2 aliphatic heterocycles. The third kappa shape index (κ3) is 3.91. The zero-order valence-electron chi connectivity index (χ0n) is 13.4. The molecule has 1 atom stereocenters. The van der Waals surface area contributed by atoms with Crippen molar-refractivity contribution < 1.29 is 23.0 Å². The zero-order valence-corrected chi connectivity index (χ0v) is 13.4. The van der Waals surface area contributed by atoms with Crippen LogP contribution in [0.4, 0.5) is 14.5 Å². The molecule has 1 N–H and O–H groups in total. The molecule has 0 radical (unpaired) electrons. The molecular formula is C16H22F2N2O3. The minimum absolute atomic E-state index is 0.0354. The number of halogens is 2. The molecule has 0 saturated carbocycles. The summed E-state index contributed by atoms with van der Waals surface area (Å²) in [5.74, 6) is -1.90. The molecule has 5 nitrogen and oxygen atoms in total. The van der Waals surface area contributed by atoms with Gasteiger partial charge in [0.2, 0.25) is 0 Å². The number of hydrogen-bond acceptors (Lipinski definition) is 5. The van der Waals surface area contributed by atoms with Gasteiger partial charge in [0.05, 0.1) is 12.3 Å². The number of nitrogens with one attached hydrogen (secondary N) is 1. The molecule has 1 unspecified atom stereocenters. The van der Waals surface area contributed by atoms with Gasteiger partial charge in [0.1, 0.15) is 18.5 Å². The average Bonchev–Trinajstić information content (AvgIpc) is 2.86. The minimum atomic E-state index is -0.709. The fraction of sp³-hybridized carbons (Fsp3) is 0.625. The van der Waals surface area contributed by atoms with Gasteiger partial charge in [-0.1, -0.05) is 0 Å². The number of rotatable bonds is 4. The number of nitrogens with zero attached hydrogens (tertiary/aromatic N) is 1. The van der Waals surface area contributed by atoms with Crippen molar-refractivity contribution in [3.63, 3.8) is 0 Å². The van der Waals surface area contributed by atoms with E-state index < -0.39 is 17.4 Å². The van der Waals surface area contributed by atoms with Crippen molar-refractivity contribution in [1.29, 1.82) is 0 Å². The standard InChI is InChI=1S/C16H22F2N2O3/c1-16(2)22-10-11(23-16)9-21-15-8-14(12(17)7-13(15)18)20-5-3-19-4-6-20/h7-8,11,19H,3-6,9-10H2,1-2H3.